The third kappa shape index (κ3) is 3.08. The van der Waals surface area contributed by atoms with E-state index in [2.05, 4.69) is 31.2 Å². The molecule has 2 aromatic rings. The number of aryl methyl sites for hydroxylation is 1. The molecule has 0 aliphatic rings. The summed E-state index contributed by atoms with van der Waals surface area (Å²) in [7, 11) is 0. The van der Waals surface area contributed by atoms with Crippen molar-refractivity contribution in [2.75, 3.05) is 0 Å². The SMILES string of the molecule is Cc1ccc(CC(C)(C)C(=O)O)cc1-c1ccccc1. The van der Waals surface area contributed by atoms with Gasteiger partial charge < -0.3 is 5.11 Å². The molecule has 0 bridgehead atoms. The second-order valence-corrected chi connectivity index (χ2v) is 5.88. The molecule has 0 unspecified atom stereocenters. The van der Waals surface area contributed by atoms with Gasteiger partial charge in [-0.15, -0.1) is 0 Å². The van der Waals surface area contributed by atoms with Gasteiger partial charge in [0.2, 0.25) is 0 Å². The van der Waals surface area contributed by atoms with Crippen molar-refractivity contribution in [1.29, 1.82) is 0 Å². The Labute approximate surface area is 120 Å². The molecule has 0 saturated heterocycles. The van der Waals surface area contributed by atoms with Crippen molar-refractivity contribution in [3.63, 3.8) is 0 Å². The lowest BCUT2D eigenvalue weighted by atomic mass is 9.84. The predicted octanol–water partition coefficient (Wildman–Crippen LogP) is 4.32. The smallest absolute Gasteiger partial charge is 0.309 e. The highest BCUT2D eigenvalue weighted by Crippen LogP contribution is 2.28. The molecule has 0 heterocycles. The van der Waals surface area contributed by atoms with E-state index in [1.807, 2.05) is 24.3 Å². The standard InChI is InChI=1S/C18H20O2/c1-13-9-10-14(12-18(2,3)17(19)20)11-16(13)15-7-5-4-6-8-15/h4-11H,12H2,1-3H3,(H,19,20). The average Bonchev–Trinajstić information content (AvgIpc) is 2.41. The molecule has 1 N–H and O–H groups in total. The van der Waals surface area contributed by atoms with Crippen molar-refractivity contribution in [1.82, 2.24) is 0 Å². The van der Waals surface area contributed by atoms with Gasteiger partial charge in [0.15, 0.2) is 0 Å². The Kier molecular flexibility index (Phi) is 3.93. The van der Waals surface area contributed by atoms with Crippen LogP contribution in [-0.4, -0.2) is 11.1 Å². The molecule has 0 fully saturated rings. The first kappa shape index (κ1) is 14.3. The Morgan fingerprint density at radius 3 is 2.35 bits per heavy atom. The van der Waals surface area contributed by atoms with Gasteiger partial charge >= 0.3 is 5.97 Å². The molecule has 2 nitrogen and oxygen atoms in total. The lowest BCUT2D eigenvalue weighted by Crippen LogP contribution is -2.26. The topological polar surface area (TPSA) is 37.3 Å². The number of hydrogen-bond donors (Lipinski definition) is 1. The second-order valence-electron chi connectivity index (χ2n) is 5.88. The Bertz CT molecular complexity index is 613. The van der Waals surface area contributed by atoms with Crippen LogP contribution in [0.2, 0.25) is 0 Å². The summed E-state index contributed by atoms with van der Waals surface area (Å²) in [5.41, 5.74) is 3.85. The highest BCUT2D eigenvalue weighted by molar-refractivity contribution is 5.74. The van der Waals surface area contributed by atoms with E-state index in [1.165, 1.54) is 16.7 Å². The third-order valence-corrected chi connectivity index (χ3v) is 3.61. The van der Waals surface area contributed by atoms with E-state index >= 15 is 0 Å². The molecule has 2 heteroatoms. The van der Waals surface area contributed by atoms with E-state index in [4.69, 9.17) is 0 Å². The molecule has 0 atom stereocenters. The molecule has 0 amide bonds. The van der Waals surface area contributed by atoms with Crippen molar-refractivity contribution in [3.8, 4) is 11.1 Å². The molecule has 0 aliphatic heterocycles. The van der Waals surface area contributed by atoms with Crippen LogP contribution in [0.15, 0.2) is 48.5 Å². The molecule has 2 aromatic carbocycles. The number of benzene rings is 2. The monoisotopic (exact) mass is 268 g/mol. The molecule has 104 valence electrons. The van der Waals surface area contributed by atoms with Crippen LogP contribution in [-0.2, 0) is 11.2 Å². The maximum atomic E-state index is 11.2. The van der Waals surface area contributed by atoms with E-state index < -0.39 is 11.4 Å². The largest absolute Gasteiger partial charge is 0.481 e. The number of aliphatic carboxylic acids is 1. The van der Waals surface area contributed by atoms with Crippen LogP contribution < -0.4 is 0 Å². The molecular formula is C18H20O2. The van der Waals surface area contributed by atoms with Gasteiger partial charge in [-0.1, -0.05) is 48.5 Å². The first-order valence-corrected chi connectivity index (χ1v) is 6.78. The maximum absolute atomic E-state index is 11.2. The van der Waals surface area contributed by atoms with Crippen LogP contribution in [0.3, 0.4) is 0 Å². The Balaban J connectivity index is 2.37. The third-order valence-electron chi connectivity index (χ3n) is 3.61. The summed E-state index contributed by atoms with van der Waals surface area (Å²) in [5, 5.41) is 9.24. The fourth-order valence-electron chi connectivity index (χ4n) is 2.29. The average molecular weight is 268 g/mol. The fourth-order valence-corrected chi connectivity index (χ4v) is 2.29. The zero-order chi connectivity index (χ0) is 14.8. The predicted molar refractivity (Wildman–Crippen MR) is 81.7 cm³/mol. The van der Waals surface area contributed by atoms with Crippen molar-refractivity contribution in [2.24, 2.45) is 5.41 Å². The lowest BCUT2D eigenvalue weighted by molar-refractivity contribution is -0.146. The minimum absolute atomic E-state index is 0.530. The summed E-state index contributed by atoms with van der Waals surface area (Å²) in [6, 6.07) is 16.4. The van der Waals surface area contributed by atoms with Gasteiger partial charge in [0, 0.05) is 0 Å². The van der Waals surface area contributed by atoms with Crippen LogP contribution in [0.25, 0.3) is 11.1 Å². The fraction of sp³-hybridized carbons (Fsp3) is 0.278. The van der Waals surface area contributed by atoms with Gasteiger partial charge in [-0.05, 0) is 49.4 Å². The van der Waals surface area contributed by atoms with E-state index in [-0.39, 0.29) is 0 Å². The number of carboxylic acids is 1. The quantitative estimate of drug-likeness (QED) is 0.896. The molecule has 20 heavy (non-hydrogen) atoms. The summed E-state index contributed by atoms with van der Waals surface area (Å²) < 4.78 is 0. The zero-order valence-corrected chi connectivity index (χ0v) is 12.2. The summed E-state index contributed by atoms with van der Waals surface area (Å²) in [5.74, 6) is -0.765. The normalized spacial score (nSPS) is 11.3. The number of carboxylic acid groups (broad SMARTS) is 1. The molecular weight excluding hydrogens is 248 g/mol. The van der Waals surface area contributed by atoms with Gasteiger partial charge in [0.1, 0.15) is 0 Å². The highest BCUT2D eigenvalue weighted by atomic mass is 16.4. The van der Waals surface area contributed by atoms with E-state index in [9.17, 15) is 9.90 Å². The lowest BCUT2D eigenvalue weighted by Gasteiger charge is -2.20. The summed E-state index contributed by atoms with van der Waals surface area (Å²) in [4.78, 5) is 11.2. The molecule has 2 rings (SSSR count). The van der Waals surface area contributed by atoms with Gasteiger partial charge in [-0.2, -0.15) is 0 Å². The van der Waals surface area contributed by atoms with Crippen LogP contribution in [0.4, 0.5) is 0 Å². The van der Waals surface area contributed by atoms with Crippen LogP contribution in [0.5, 0.6) is 0 Å². The van der Waals surface area contributed by atoms with Crippen LogP contribution in [0, 0.1) is 12.3 Å². The van der Waals surface area contributed by atoms with Crippen LogP contribution >= 0.6 is 0 Å². The Morgan fingerprint density at radius 2 is 1.75 bits per heavy atom. The Morgan fingerprint density at radius 1 is 1.10 bits per heavy atom. The summed E-state index contributed by atoms with van der Waals surface area (Å²) >= 11 is 0. The van der Waals surface area contributed by atoms with Crippen molar-refractivity contribution in [3.05, 3.63) is 59.7 Å². The van der Waals surface area contributed by atoms with Crippen molar-refractivity contribution >= 4 is 5.97 Å². The first-order chi connectivity index (χ1) is 9.40. The van der Waals surface area contributed by atoms with Gasteiger partial charge in [-0.3, -0.25) is 4.79 Å². The number of hydrogen-bond acceptors (Lipinski definition) is 1. The Hall–Kier alpha value is -2.09. The van der Waals surface area contributed by atoms with E-state index in [1.54, 1.807) is 13.8 Å². The summed E-state index contributed by atoms with van der Waals surface area (Å²) in [6.45, 7) is 5.60. The maximum Gasteiger partial charge on any atom is 0.309 e. The number of carbonyl (C=O) groups is 1. The van der Waals surface area contributed by atoms with Crippen LogP contribution in [0.1, 0.15) is 25.0 Å². The zero-order valence-electron chi connectivity index (χ0n) is 12.2. The molecule has 0 aliphatic carbocycles. The first-order valence-electron chi connectivity index (χ1n) is 6.78. The molecule has 0 radical (unpaired) electrons. The van der Waals surface area contributed by atoms with Gasteiger partial charge in [-0.25, -0.2) is 0 Å². The van der Waals surface area contributed by atoms with Gasteiger partial charge in [0.05, 0.1) is 5.41 Å². The minimum Gasteiger partial charge on any atom is -0.481 e. The van der Waals surface area contributed by atoms with Crippen molar-refractivity contribution in [2.45, 2.75) is 27.2 Å². The minimum atomic E-state index is -0.765. The highest BCUT2D eigenvalue weighted by Gasteiger charge is 2.27. The van der Waals surface area contributed by atoms with E-state index in [0.29, 0.717) is 6.42 Å². The van der Waals surface area contributed by atoms with E-state index in [0.717, 1.165) is 5.56 Å². The summed E-state index contributed by atoms with van der Waals surface area (Å²) in [6.07, 6.45) is 0.530. The number of rotatable bonds is 4. The second kappa shape index (κ2) is 5.49. The molecule has 0 aromatic heterocycles. The molecule has 0 spiro atoms. The van der Waals surface area contributed by atoms with Gasteiger partial charge in [0.25, 0.3) is 0 Å². The van der Waals surface area contributed by atoms with Crippen molar-refractivity contribution < 1.29 is 9.90 Å². The molecule has 0 saturated carbocycles.